The van der Waals surface area contributed by atoms with Crippen LogP contribution in [0, 0.1) is 0 Å². The molecule has 176 valence electrons. The zero-order valence-corrected chi connectivity index (χ0v) is 19.0. The maximum absolute atomic E-state index is 13.6. The van der Waals surface area contributed by atoms with E-state index in [0.29, 0.717) is 31.6 Å². The smallest absolute Gasteiger partial charge is 0.281 e. The third kappa shape index (κ3) is 3.83. The van der Waals surface area contributed by atoms with Crippen molar-refractivity contribution in [2.24, 2.45) is 5.73 Å². The van der Waals surface area contributed by atoms with Crippen LogP contribution in [0.5, 0.6) is 0 Å². The molecule has 0 aliphatic carbocycles. The van der Waals surface area contributed by atoms with Gasteiger partial charge in [0.2, 0.25) is 5.91 Å². The number of likely N-dealkylation sites (tertiary alicyclic amines) is 2. The largest absolute Gasteiger partial charge is 0.316 e. The molecule has 2 saturated heterocycles. The summed E-state index contributed by atoms with van der Waals surface area (Å²) in [6.45, 7) is 1.75. The second kappa shape index (κ2) is 9.13. The van der Waals surface area contributed by atoms with Gasteiger partial charge in [0.1, 0.15) is 5.54 Å². The Hall–Kier alpha value is -3.33. The van der Waals surface area contributed by atoms with Gasteiger partial charge in [-0.15, -0.1) is 0 Å². The fraction of sp³-hybridized carbons (Fsp3) is 0.346. The second-order valence-electron chi connectivity index (χ2n) is 9.12. The Morgan fingerprint density at radius 1 is 1.03 bits per heavy atom. The van der Waals surface area contributed by atoms with Gasteiger partial charge in [-0.25, -0.2) is 5.48 Å². The molecule has 2 aromatic carbocycles. The van der Waals surface area contributed by atoms with Crippen molar-refractivity contribution in [1.82, 2.24) is 20.3 Å². The lowest BCUT2D eigenvalue weighted by Crippen LogP contribution is -2.60. The van der Waals surface area contributed by atoms with Gasteiger partial charge in [-0.05, 0) is 48.1 Å². The number of carbonyl (C=O) groups is 2. The van der Waals surface area contributed by atoms with Crippen molar-refractivity contribution in [2.75, 3.05) is 19.6 Å². The number of nitrogens with two attached hydrogens (primary N) is 1. The number of hydrogen-bond donors (Lipinski definition) is 3. The van der Waals surface area contributed by atoms with E-state index in [0.717, 1.165) is 41.3 Å². The summed E-state index contributed by atoms with van der Waals surface area (Å²) in [6.07, 6.45) is 4.34. The molecule has 2 fully saturated rings. The standard InChI is InChI=1S/C26H29N5O3/c27-26(13-17-31(25(26)33)24(23(32)29-34)30-15-4-1-5-16-30)19-10-8-18(9-11-19)20-12-14-28-22-7-3-2-6-21(20)22/h2-3,6-12,14,24,34H,1,4-5,13,15-17,27H2,(H,29,32). The maximum atomic E-state index is 13.6. The quantitative estimate of drug-likeness (QED) is 0.399. The van der Waals surface area contributed by atoms with E-state index in [2.05, 4.69) is 4.98 Å². The minimum absolute atomic E-state index is 0.297. The fourth-order valence-corrected chi connectivity index (χ4v) is 5.28. The first-order chi connectivity index (χ1) is 16.5. The van der Waals surface area contributed by atoms with Gasteiger partial charge in [0.15, 0.2) is 6.17 Å². The highest BCUT2D eigenvalue weighted by Crippen LogP contribution is 2.35. The number of para-hydroxylation sites is 1. The molecular weight excluding hydrogens is 430 g/mol. The lowest BCUT2D eigenvalue weighted by atomic mass is 9.88. The number of aromatic nitrogens is 1. The van der Waals surface area contributed by atoms with Crippen LogP contribution in [0.1, 0.15) is 31.2 Å². The summed E-state index contributed by atoms with van der Waals surface area (Å²) >= 11 is 0. The summed E-state index contributed by atoms with van der Waals surface area (Å²) in [6, 6.07) is 17.7. The van der Waals surface area contributed by atoms with Crippen molar-refractivity contribution in [3.8, 4) is 11.1 Å². The lowest BCUT2D eigenvalue weighted by molar-refractivity contribution is -0.152. The predicted molar refractivity (Wildman–Crippen MR) is 129 cm³/mol. The Kier molecular flexibility index (Phi) is 6.03. The van der Waals surface area contributed by atoms with Crippen LogP contribution in [-0.4, -0.2) is 57.6 Å². The van der Waals surface area contributed by atoms with E-state index in [1.807, 2.05) is 59.5 Å². The normalized spacial score (nSPS) is 22.2. The highest BCUT2D eigenvalue weighted by atomic mass is 16.5. The van der Waals surface area contributed by atoms with Crippen molar-refractivity contribution in [1.29, 1.82) is 0 Å². The van der Waals surface area contributed by atoms with Crippen LogP contribution < -0.4 is 11.2 Å². The molecule has 5 rings (SSSR count). The lowest BCUT2D eigenvalue weighted by Gasteiger charge is -2.38. The summed E-state index contributed by atoms with van der Waals surface area (Å²) in [7, 11) is 0. The highest BCUT2D eigenvalue weighted by Gasteiger charge is 2.50. The van der Waals surface area contributed by atoms with Gasteiger partial charge in [-0.2, -0.15) is 0 Å². The number of rotatable bonds is 5. The molecule has 2 aliphatic heterocycles. The van der Waals surface area contributed by atoms with E-state index in [9.17, 15) is 14.8 Å². The van der Waals surface area contributed by atoms with Crippen LogP contribution in [-0.2, 0) is 15.1 Å². The number of pyridine rings is 1. The first-order valence-corrected chi connectivity index (χ1v) is 11.8. The van der Waals surface area contributed by atoms with Crippen LogP contribution in [0.2, 0.25) is 0 Å². The zero-order chi connectivity index (χ0) is 23.7. The van der Waals surface area contributed by atoms with E-state index >= 15 is 0 Å². The van der Waals surface area contributed by atoms with Gasteiger partial charge >= 0.3 is 0 Å². The Labute approximate surface area is 198 Å². The van der Waals surface area contributed by atoms with E-state index in [-0.39, 0.29) is 5.91 Å². The average Bonchev–Trinajstić information content (AvgIpc) is 3.19. The van der Waals surface area contributed by atoms with Crippen molar-refractivity contribution in [3.63, 3.8) is 0 Å². The molecule has 2 unspecified atom stereocenters. The average molecular weight is 460 g/mol. The highest BCUT2D eigenvalue weighted by molar-refractivity contribution is 5.96. The molecule has 2 amide bonds. The number of hydroxylamine groups is 1. The van der Waals surface area contributed by atoms with Crippen LogP contribution in [0.4, 0.5) is 0 Å². The number of nitrogens with one attached hydrogen (secondary N) is 1. The maximum Gasteiger partial charge on any atom is 0.281 e. The van der Waals surface area contributed by atoms with E-state index < -0.39 is 17.6 Å². The summed E-state index contributed by atoms with van der Waals surface area (Å²) in [5.74, 6) is -0.895. The van der Waals surface area contributed by atoms with Gasteiger partial charge in [0.05, 0.1) is 5.52 Å². The number of nitrogens with zero attached hydrogens (tertiary/aromatic N) is 3. The molecule has 8 heteroatoms. The molecule has 8 nitrogen and oxygen atoms in total. The first-order valence-electron chi connectivity index (χ1n) is 11.8. The molecule has 0 saturated carbocycles. The number of hydrogen-bond acceptors (Lipinski definition) is 6. The molecule has 2 atom stereocenters. The third-order valence-corrected chi connectivity index (χ3v) is 7.13. The van der Waals surface area contributed by atoms with Gasteiger partial charge in [0.25, 0.3) is 5.91 Å². The first kappa shape index (κ1) is 22.5. The van der Waals surface area contributed by atoms with Crippen molar-refractivity contribution >= 4 is 22.7 Å². The second-order valence-corrected chi connectivity index (χ2v) is 9.12. The van der Waals surface area contributed by atoms with E-state index in [1.165, 1.54) is 4.90 Å². The number of piperidine rings is 1. The van der Waals surface area contributed by atoms with Gasteiger partial charge in [-0.3, -0.25) is 24.7 Å². The van der Waals surface area contributed by atoms with Crippen LogP contribution in [0.15, 0.2) is 60.8 Å². The number of amides is 2. The van der Waals surface area contributed by atoms with Crippen LogP contribution in [0.25, 0.3) is 22.0 Å². The van der Waals surface area contributed by atoms with Crippen LogP contribution >= 0.6 is 0 Å². The molecule has 0 spiro atoms. The minimum Gasteiger partial charge on any atom is -0.316 e. The molecule has 0 radical (unpaired) electrons. The fourth-order valence-electron chi connectivity index (χ4n) is 5.28. The van der Waals surface area contributed by atoms with E-state index in [4.69, 9.17) is 5.73 Å². The van der Waals surface area contributed by atoms with Crippen molar-refractivity contribution < 1.29 is 14.8 Å². The van der Waals surface area contributed by atoms with Gasteiger partial charge in [0, 0.05) is 31.2 Å². The van der Waals surface area contributed by atoms with Gasteiger partial charge < -0.3 is 10.6 Å². The van der Waals surface area contributed by atoms with Gasteiger partial charge in [-0.1, -0.05) is 48.9 Å². The van der Waals surface area contributed by atoms with Crippen molar-refractivity contribution in [3.05, 3.63) is 66.4 Å². The summed E-state index contributed by atoms with van der Waals surface area (Å²) in [5, 5.41) is 10.4. The molecule has 2 aliphatic rings. The van der Waals surface area contributed by atoms with Crippen molar-refractivity contribution in [2.45, 2.75) is 37.4 Å². The summed E-state index contributed by atoms with van der Waals surface area (Å²) in [5.41, 5.74) is 10.9. The van der Waals surface area contributed by atoms with Crippen LogP contribution in [0.3, 0.4) is 0 Å². The zero-order valence-electron chi connectivity index (χ0n) is 19.0. The SMILES string of the molecule is NC1(c2ccc(-c3ccnc4ccccc34)cc2)CCN(C(C(=O)NO)N2CCCCC2)C1=O. The Morgan fingerprint density at radius 3 is 2.50 bits per heavy atom. The summed E-state index contributed by atoms with van der Waals surface area (Å²) < 4.78 is 0. The molecule has 3 aromatic rings. The molecule has 0 bridgehead atoms. The Morgan fingerprint density at radius 2 is 1.76 bits per heavy atom. The predicted octanol–water partition coefficient (Wildman–Crippen LogP) is 2.61. The third-order valence-electron chi connectivity index (χ3n) is 7.13. The number of benzene rings is 2. The molecular formula is C26H29N5O3. The molecule has 34 heavy (non-hydrogen) atoms. The Bertz CT molecular complexity index is 1200. The minimum atomic E-state index is -1.22. The monoisotopic (exact) mass is 459 g/mol. The molecule has 3 heterocycles. The topological polar surface area (TPSA) is 112 Å². The molecule has 4 N–H and O–H groups in total. The van der Waals surface area contributed by atoms with E-state index in [1.54, 1.807) is 11.7 Å². The number of carbonyl (C=O) groups excluding carboxylic acids is 2. The molecule has 1 aromatic heterocycles. The number of fused-ring (bicyclic) bond motifs is 1. The Balaban J connectivity index is 1.42. The summed E-state index contributed by atoms with van der Waals surface area (Å²) in [4.78, 5) is 34.0.